The number of carbonyl (C=O) groups excluding carboxylic acids is 1. The molecule has 0 aliphatic heterocycles. The van der Waals surface area contributed by atoms with Crippen LogP contribution in [0.25, 0.3) is 22.0 Å². The minimum absolute atomic E-state index is 0.0301. The summed E-state index contributed by atoms with van der Waals surface area (Å²) in [7, 11) is 1.57. The molecule has 9 nitrogen and oxygen atoms in total. The van der Waals surface area contributed by atoms with Gasteiger partial charge in [0, 0.05) is 34.5 Å². The number of halogens is 1. The summed E-state index contributed by atoms with van der Waals surface area (Å²) in [6, 6.07) is 14.5. The third kappa shape index (κ3) is 4.66. The monoisotopic (exact) mass is 508 g/mol. The lowest BCUT2D eigenvalue weighted by atomic mass is 10.0. The third-order valence-corrected chi connectivity index (χ3v) is 6.35. The van der Waals surface area contributed by atoms with E-state index in [1.165, 1.54) is 4.09 Å². The minimum atomic E-state index is -0.364. The molecule has 0 unspecified atom stereocenters. The van der Waals surface area contributed by atoms with E-state index in [9.17, 15) is 8.68 Å². The van der Waals surface area contributed by atoms with Crippen molar-refractivity contribution in [3.63, 3.8) is 0 Å². The van der Waals surface area contributed by atoms with Crippen LogP contribution in [0.1, 0.15) is 15.9 Å². The number of benzene rings is 2. The number of rotatable bonds is 8. The fourth-order valence-corrected chi connectivity index (χ4v) is 4.47. The van der Waals surface area contributed by atoms with Gasteiger partial charge in [0.15, 0.2) is 12.3 Å². The molecule has 0 spiro atoms. The Morgan fingerprint density at radius 1 is 1.11 bits per heavy atom. The van der Waals surface area contributed by atoms with Crippen LogP contribution in [0.5, 0.6) is 10.9 Å². The van der Waals surface area contributed by atoms with Gasteiger partial charge in [-0.2, -0.15) is 9.19 Å². The summed E-state index contributed by atoms with van der Waals surface area (Å²) in [5.74, 6) is 0.267. The molecule has 0 fully saturated rings. The van der Waals surface area contributed by atoms with E-state index in [0.717, 1.165) is 27.8 Å². The predicted octanol–water partition coefficient (Wildman–Crippen LogP) is 5.17. The van der Waals surface area contributed by atoms with Gasteiger partial charge in [-0.25, -0.2) is 0 Å². The average molecular weight is 509 g/mol. The molecular weight excluding hydrogens is 491 g/mol. The Morgan fingerprint density at radius 3 is 2.86 bits per heavy atom. The molecule has 1 amide bonds. The molecule has 3 heterocycles. The van der Waals surface area contributed by atoms with Crippen LogP contribution >= 0.6 is 23.7 Å². The van der Waals surface area contributed by atoms with E-state index in [2.05, 4.69) is 25.6 Å². The number of fused-ring (bicyclic) bond motifs is 1. The van der Waals surface area contributed by atoms with Gasteiger partial charge in [-0.05, 0) is 29.5 Å². The number of methoxy groups -OCH3 is 1. The Balaban J connectivity index is 1.31. The molecule has 0 atom stereocenters. The van der Waals surface area contributed by atoms with Gasteiger partial charge in [-0.3, -0.25) is 15.1 Å². The minimum Gasteiger partial charge on any atom is -0.496 e. The Kier molecular flexibility index (Phi) is 6.55. The van der Waals surface area contributed by atoms with E-state index in [1.807, 2.05) is 30.3 Å². The molecule has 0 bridgehead atoms. The van der Waals surface area contributed by atoms with Gasteiger partial charge < -0.3 is 9.47 Å². The van der Waals surface area contributed by atoms with E-state index >= 15 is 0 Å². The molecular formula is C23H17FN6O3S2. The van der Waals surface area contributed by atoms with Crippen LogP contribution < -0.4 is 14.8 Å². The van der Waals surface area contributed by atoms with Crippen LogP contribution in [0.3, 0.4) is 0 Å². The number of ether oxygens (including phenoxy) is 2. The van der Waals surface area contributed by atoms with Gasteiger partial charge in [0.05, 0.1) is 24.4 Å². The van der Waals surface area contributed by atoms with E-state index in [-0.39, 0.29) is 35.2 Å². The largest absolute Gasteiger partial charge is 0.496 e. The number of pyridine rings is 1. The van der Waals surface area contributed by atoms with Gasteiger partial charge in [0.1, 0.15) is 12.4 Å². The highest BCUT2D eigenvalue weighted by atomic mass is 32.2. The predicted molar refractivity (Wildman–Crippen MR) is 132 cm³/mol. The van der Waals surface area contributed by atoms with Crippen LogP contribution in [0.2, 0.25) is 0 Å². The second-order valence-electron chi connectivity index (χ2n) is 7.17. The van der Waals surface area contributed by atoms with Gasteiger partial charge in [0.25, 0.3) is 11.1 Å². The lowest BCUT2D eigenvalue weighted by molar-refractivity contribution is 0.102. The second-order valence-corrected chi connectivity index (χ2v) is 8.60. The summed E-state index contributed by atoms with van der Waals surface area (Å²) in [6.07, 6.45) is 4.75. The highest BCUT2D eigenvalue weighted by molar-refractivity contribution is 7.92. The lowest BCUT2D eigenvalue weighted by Crippen LogP contribution is -2.13. The van der Waals surface area contributed by atoms with Crippen LogP contribution in [0, 0.1) is 0 Å². The number of nitrogens with zero attached hydrogens (tertiary/aromatic N) is 5. The highest BCUT2D eigenvalue weighted by Gasteiger charge is 2.18. The first-order chi connectivity index (χ1) is 17.2. The first-order valence-corrected chi connectivity index (χ1v) is 11.8. The average Bonchev–Trinajstić information content (AvgIpc) is 3.54. The van der Waals surface area contributed by atoms with Gasteiger partial charge in [-0.1, -0.05) is 35.4 Å². The molecule has 0 aliphatic rings. The topological polar surface area (TPSA) is 104 Å². The summed E-state index contributed by atoms with van der Waals surface area (Å²) >= 11 is 1.13. The zero-order valence-corrected chi connectivity index (χ0v) is 19.8. The van der Waals surface area contributed by atoms with Crippen molar-refractivity contribution in [2.24, 2.45) is 0 Å². The van der Waals surface area contributed by atoms with E-state index < -0.39 is 0 Å². The molecule has 176 valence electrons. The SMILES string of the molecule is COc1ccccc1-c1cnccc1C(=O)Nc1nnc(OCc2cccc3c2cnn3SF)s1. The lowest BCUT2D eigenvalue weighted by Gasteiger charge is -2.11. The highest BCUT2D eigenvalue weighted by Crippen LogP contribution is 2.32. The number of hydrogen-bond donors (Lipinski definition) is 1. The number of amides is 1. The van der Waals surface area contributed by atoms with E-state index in [0.29, 0.717) is 22.4 Å². The Labute approximate surface area is 207 Å². The smallest absolute Gasteiger partial charge is 0.296 e. The zero-order valence-electron chi connectivity index (χ0n) is 18.2. The fraction of sp³-hybridized carbons (Fsp3) is 0.0870. The van der Waals surface area contributed by atoms with Crippen LogP contribution in [-0.4, -0.2) is 37.4 Å². The maximum absolute atomic E-state index is 13.1. The zero-order chi connectivity index (χ0) is 24.2. The first-order valence-electron chi connectivity index (χ1n) is 10.3. The number of para-hydroxylation sites is 1. The van der Waals surface area contributed by atoms with Crippen molar-refractivity contribution in [1.29, 1.82) is 0 Å². The summed E-state index contributed by atoms with van der Waals surface area (Å²) in [6.45, 7) is 0.185. The van der Waals surface area contributed by atoms with E-state index in [4.69, 9.17) is 9.47 Å². The number of hydrogen-bond acceptors (Lipinski definition) is 9. The van der Waals surface area contributed by atoms with Gasteiger partial charge in [-0.15, -0.1) is 8.98 Å². The fourth-order valence-electron chi connectivity index (χ4n) is 3.57. The Morgan fingerprint density at radius 2 is 2.00 bits per heavy atom. The van der Waals surface area contributed by atoms with E-state index in [1.54, 1.807) is 43.9 Å². The summed E-state index contributed by atoms with van der Waals surface area (Å²) in [4.78, 5) is 17.2. The number of nitrogens with one attached hydrogen (secondary N) is 1. The molecule has 1 N–H and O–H groups in total. The first kappa shape index (κ1) is 22.7. The van der Waals surface area contributed by atoms with Crippen molar-refractivity contribution in [3.8, 4) is 22.1 Å². The maximum Gasteiger partial charge on any atom is 0.296 e. The standard InChI is InChI=1S/C23H17FN6O3S2/c1-32-20-8-3-2-6-15(20)18-11-25-10-9-16(18)21(31)27-22-28-29-23(34-22)33-13-14-5-4-7-19-17(14)12-26-30(19)35-24/h2-12H,13H2,1H3,(H,27,28,31). The normalized spacial score (nSPS) is 10.9. The third-order valence-electron chi connectivity index (χ3n) is 5.18. The van der Waals surface area contributed by atoms with Gasteiger partial charge >= 0.3 is 0 Å². The van der Waals surface area contributed by atoms with Crippen molar-refractivity contribution in [2.75, 3.05) is 12.4 Å². The maximum atomic E-state index is 13.1. The van der Waals surface area contributed by atoms with Crippen LogP contribution in [0.15, 0.2) is 67.1 Å². The van der Waals surface area contributed by atoms with Crippen molar-refractivity contribution >= 4 is 45.6 Å². The molecule has 0 saturated carbocycles. The van der Waals surface area contributed by atoms with Crippen molar-refractivity contribution in [3.05, 3.63) is 78.2 Å². The Bertz CT molecular complexity index is 1510. The molecule has 5 aromatic rings. The molecule has 0 aliphatic carbocycles. The summed E-state index contributed by atoms with van der Waals surface area (Å²) in [5.41, 5.74) is 3.26. The number of carbonyl (C=O) groups is 1. The quantitative estimate of drug-likeness (QED) is 0.306. The van der Waals surface area contributed by atoms with Crippen molar-refractivity contribution in [1.82, 2.24) is 24.4 Å². The molecule has 2 aromatic carbocycles. The van der Waals surface area contributed by atoms with Crippen LogP contribution in [0.4, 0.5) is 9.02 Å². The van der Waals surface area contributed by atoms with Crippen molar-refractivity contribution in [2.45, 2.75) is 6.61 Å². The molecule has 12 heteroatoms. The van der Waals surface area contributed by atoms with Crippen LogP contribution in [-0.2, 0) is 6.61 Å². The molecule has 0 radical (unpaired) electrons. The summed E-state index contributed by atoms with van der Waals surface area (Å²) in [5, 5.41) is 16.1. The Hall–Kier alpha value is -4.03. The summed E-state index contributed by atoms with van der Waals surface area (Å²) < 4.78 is 25.4. The molecule has 5 rings (SSSR count). The molecule has 3 aromatic heterocycles. The second kappa shape index (κ2) is 10.1. The molecule has 0 saturated heterocycles. The number of anilines is 1. The molecule has 35 heavy (non-hydrogen) atoms. The van der Waals surface area contributed by atoms with Gasteiger partial charge in [0.2, 0.25) is 5.13 Å². The number of aromatic nitrogens is 5. The van der Waals surface area contributed by atoms with Crippen molar-refractivity contribution < 1.29 is 18.2 Å².